The van der Waals surface area contributed by atoms with Crippen LogP contribution in [0.5, 0.6) is 11.5 Å². The summed E-state index contributed by atoms with van der Waals surface area (Å²) in [5, 5.41) is 9.55. The number of halogens is 1. The van der Waals surface area contributed by atoms with E-state index in [1.54, 1.807) is 12.1 Å². The van der Waals surface area contributed by atoms with Crippen molar-refractivity contribution in [1.29, 1.82) is 0 Å². The molecule has 0 aliphatic heterocycles. The monoisotopic (exact) mass is 220 g/mol. The third kappa shape index (κ3) is 1.93. The number of hydrogen-bond donors (Lipinski definition) is 1. The molecule has 0 aliphatic carbocycles. The number of aromatic hydroxyl groups is 1. The molecule has 0 spiro atoms. The van der Waals surface area contributed by atoms with E-state index in [0.29, 0.717) is 17.1 Å². The second-order valence-corrected chi connectivity index (χ2v) is 3.11. The number of phenolic OH excluding ortho intramolecular Hbond substituents is 1. The highest BCUT2D eigenvalue weighted by Gasteiger charge is 2.06. The van der Waals surface area contributed by atoms with E-state index in [1.807, 2.05) is 0 Å². The van der Waals surface area contributed by atoms with Gasteiger partial charge in [0.15, 0.2) is 23.1 Å². The first kappa shape index (κ1) is 10.4. The topological polar surface area (TPSA) is 55.2 Å². The van der Waals surface area contributed by atoms with Gasteiger partial charge in [-0.2, -0.15) is 0 Å². The molecule has 16 heavy (non-hydrogen) atoms. The van der Waals surface area contributed by atoms with Crippen LogP contribution in [0.4, 0.5) is 4.39 Å². The summed E-state index contributed by atoms with van der Waals surface area (Å²) in [4.78, 5) is 7.61. The fourth-order valence-corrected chi connectivity index (χ4v) is 1.29. The van der Waals surface area contributed by atoms with Crippen molar-refractivity contribution in [3.63, 3.8) is 0 Å². The van der Waals surface area contributed by atoms with Crippen LogP contribution >= 0.6 is 0 Å². The third-order valence-corrected chi connectivity index (χ3v) is 2.06. The molecule has 1 aromatic carbocycles. The standard InChI is InChI=1S/C11H9FN2O2/c1-16-10-3-2-7(4-9(10)15)11-13-5-8(12)6-14-11/h2-6,15H,1H3. The van der Waals surface area contributed by atoms with Gasteiger partial charge in [-0.1, -0.05) is 0 Å². The Bertz CT molecular complexity index is 500. The molecular formula is C11H9FN2O2. The lowest BCUT2D eigenvalue weighted by Gasteiger charge is -2.04. The number of benzene rings is 1. The van der Waals surface area contributed by atoms with Crippen LogP contribution in [0.1, 0.15) is 0 Å². The summed E-state index contributed by atoms with van der Waals surface area (Å²) in [6.45, 7) is 0. The van der Waals surface area contributed by atoms with Crippen LogP contribution < -0.4 is 4.74 Å². The first-order chi connectivity index (χ1) is 7.70. The highest BCUT2D eigenvalue weighted by molar-refractivity contribution is 5.60. The van der Waals surface area contributed by atoms with Gasteiger partial charge in [0.1, 0.15) is 0 Å². The summed E-state index contributed by atoms with van der Waals surface area (Å²) in [5.41, 5.74) is 0.596. The van der Waals surface area contributed by atoms with E-state index in [2.05, 4.69) is 9.97 Å². The van der Waals surface area contributed by atoms with Crippen molar-refractivity contribution in [1.82, 2.24) is 9.97 Å². The third-order valence-electron chi connectivity index (χ3n) is 2.06. The molecule has 0 amide bonds. The Balaban J connectivity index is 2.41. The van der Waals surface area contributed by atoms with E-state index in [9.17, 15) is 9.50 Å². The van der Waals surface area contributed by atoms with Gasteiger partial charge in [-0.05, 0) is 18.2 Å². The number of hydrogen-bond acceptors (Lipinski definition) is 4. The molecule has 0 radical (unpaired) electrons. The highest BCUT2D eigenvalue weighted by Crippen LogP contribution is 2.29. The normalized spacial score (nSPS) is 10.1. The van der Waals surface area contributed by atoms with E-state index >= 15 is 0 Å². The molecule has 5 heteroatoms. The molecule has 1 aromatic heterocycles. The first-order valence-electron chi connectivity index (χ1n) is 4.55. The van der Waals surface area contributed by atoms with Gasteiger partial charge in [0.05, 0.1) is 19.5 Å². The van der Waals surface area contributed by atoms with E-state index in [1.165, 1.54) is 13.2 Å². The van der Waals surface area contributed by atoms with Crippen molar-refractivity contribution < 1.29 is 14.2 Å². The first-order valence-corrected chi connectivity index (χ1v) is 4.55. The van der Waals surface area contributed by atoms with Gasteiger partial charge in [-0.3, -0.25) is 0 Å². The quantitative estimate of drug-likeness (QED) is 0.840. The summed E-state index contributed by atoms with van der Waals surface area (Å²) in [6.07, 6.45) is 2.15. The smallest absolute Gasteiger partial charge is 0.160 e. The van der Waals surface area contributed by atoms with Crippen molar-refractivity contribution in [3.8, 4) is 22.9 Å². The molecule has 2 rings (SSSR count). The Morgan fingerprint density at radius 1 is 1.25 bits per heavy atom. The minimum absolute atomic E-state index is 0.00655. The Morgan fingerprint density at radius 3 is 2.50 bits per heavy atom. The minimum Gasteiger partial charge on any atom is -0.504 e. The van der Waals surface area contributed by atoms with Gasteiger partial charge in [-0.15, -0.1) is 0 Å². The fourth-order valence-electron chi connectivity index (χ4n) is 1.29. The molecule has 1 heterocycles. The van der Waals surface area contributed by atoms with E-state index in [-0.39, 0.29) is 5.75 Å². The Labute approximate surface area is 91.4 Å². The van der Waals surface area contributed by atoms with Crippen molar-refractivity contribution >= 4 is 0 Å². The summed E-state index contributed by atoms with van der Waals surface area (Å²) in [5.74, 6) is 0.208. The van der Waals surface area contributed by atoms with Crippen LogP contribution in [0, 0.1) is 5.82 Å². The second kappa shape index (κ2) is 4.14. The average molecular weight is 220 g/mol. The SMILES string of the molecule is COc1ccc(-c2ncc(F)cn2)cc1O. The van der Waals surface area contributed by atoms with Gasteiger partial charge >= 0.3 is 0 Å². The van der Waals surface area contributed by atoms with Crippen molar-refractivity contribution in [3.05, 3.63) is 36.4 Å². The molecule has 2 aromatic rings. The van der Waals surface area contributed by atoms with Gasteiger partial charge in [-0.25, -0.2) is 14.4 Å². The molecule has 82 valence electrons. The molecule has 0 saturated carbocycles. The molecular weight excluding hydrogens is 211 g/mol. The largest absolute Gasteiger partial charge is 0.504 e. The lowest BCUT2D eigenvalue weighted by molar-refractivity contribution is 0.373. The van der Waals surface area contributed by atoms with Crippen LogP contribution in [0.15, 0.2) is 30.6 Å². The minimum atomic E-state index is -0.499. The molecule has 0 fully saturated rings. The van der Waals surface area contributed by atoms with Crippen molar-refractivity contribution in [2.45, 2.75) is 0 Å². The number of nitrogens with zero attached hydrogens (tertiary/aromatic N) is 2. The van der Waals surface area contributed by atoms with Crippen LogP contribution in [-0.2, 0) is 0 Å². The zero-order chi connectivity index (χ0) is 11.5. The lowest BCUT2D eigenvalue weighted by atomic mass is 10.2. The number of ether oxygens (including phenoxy) is 1. The van der Waals surface area contributed by atoms with Gasteiger partial charge in [0.2, 0.25) is 0 Å². The van der Waals surface area contributed by atoms with Crippen LogP contribution in [0.2, 0.25) is 0 Å². The highest BCUT2D eigenvalue weighted by atomic mass is 19.1. The van der Waals surface area contributed by atoms with Crippen LogP contribution in [0.25, 0.3) is 11.4 Å². The molecule has 1 N–H and O–H groups in total. The number of rotatable bonds is 2. The van der Waals surface area contributed by atoms with Crippen molar-refractivity contribution in [2.24, 2.45) is 0 Å². The maximum Gasteiger partial charge on any atom is 0.160 e. The fraction of sp³-hybridized carbons (Fsp3) is 0.0909. The summed E-state index contributed by atoms with van der Waals surface area (Å²) >= 11 is 0. The maximum absolute atomic E-state index is 12.6. The van der Waals surface area contributed by atoms with Gasteiger partial charge in [0, 0.05) is 5.56 Å². The van der Waals surface area contributed by atoms with E-state index < -0.39 is 5.82 Å². The number of aromatic nitrogens is 2. The maximum atomic E-state index is 12.6. The second-order valence-electron chi connectivity index (χ2n) is 3.11. The average Bonchev–Trinajstić information content (AvgIpc) is 2.30. The van der Waals surface area contributed by atoms with Gasteiger partial charge in [0.25, 0.3) is 0 Å². The molecule has 0 atom stereocenters. The lowest BCUT2D eigenvalue weighted by Crippen LogP contribution is -1.90. The molecule has 0 saturated heterocycles. The summed E-state index contributed by atoms with van der Waals surface area (Å²) in [7, 11) is 1.46. The van der Waals surface area contributed by atoms with Crippen molar-refractivity contribution in [2.75, 3.05) is 7.11 Å². The molecule has 0 unspecified atom stereocenters. The Hall–Kier alpha value is -2.17. The predicted octanol–water partition coefficient (Wildman–Crippen LogP) is 2.00. The Kier molecular flexibility index (Phi) is 2.68. The van der Waals surface area contributed by atoms with Crippen LogP contribution in [0.3, 0.4) is 0 Å². The van der Waals surface area contributed by atoms with E-state index in [4.69, 9.17) is 4.74 Å². The molecule has 0 bridgehead atoms. The zero-order valence-corrected chi connectivity index (χ0v) is 8.51. The molecule has 0 aliphatic rings. The molecule has 4 nitrogen and oxygen atoms in total. The number of phenols is 1. The zero-order valence-electron chi connectivity index (χ0n) is 8.51. The van der Waals surface area contributed by atoms with Crippen LogP contribution in [-0.4, -0.2) is 22.2 Å². The summed E-state index contributed by atoms with van der Waals surface area (Å²) in [6, 6.07) is 4.75. The summed E-state index contributed by atoms with van der Waals surface area (Å²) < 4.78 is 17.5. The Morgan fingerprint density at radius 2 is 1.94 bits per heavy atom. The van der Waals surface area contributed by atoms with E-state index in [0.717, 1.165) is 12.4 Å². The number of methoxy groups -OCH3 is 1. The van der Waals surface area contributed by atoms with Gasteiger partial charge < -0.3 is 9.84 Å². The predicted molar refractivity (Wildman–Crippen MR) is 55.6 cm³/mol.